The molecule has 3 fully saturated rings. The third-order valence-electron chi connectivity index (χ3n) is 9.46. The second-order valence-electron chi connectivity index (χ2n) is 12.0. The molecule has 2 bridgehead atoms. The van der Waals surface area contributed by atoms with Crippen LogP contribution in [0.5, 0.6) is 6.01 Å². The first kappa shape index (κ1) is 27.8. The number of nitrogens with zero attached hydrogens (tertiary/aromatic N) is 5. The van der Waals surface area contributed by atoms with Crippen molar-refractivity contribution in [3.63, 3.8) is 0 Å². The fourth-order valence-electron chi connectivity index (χ4n) is 7.45. The number of hydrogen-bond donors (Lipinski definition) is 3. The minimum absolute atomic E-state index is 0.00869. The molecule has 0 spiro atoms. The molecule has 44 heavy (non-hydrogen) atoms. The van der Waals surface area contributed by atoms with E-state index in [9.17, 15) is 10.4 Å². The Kier molecular flexibility index (Phi) is 6.80. The van der Waals surface area contributed by atoms with Crippen molar-refractivity contribution >= 4 is 43.1 Å². The lowest BCUT2D eigenvalue weighted by Crippen LogP contribution is -2.52. The zero-order valence-electron chi connectivity index (χ0n) is 23.9. The molecule has 2 unspecified atom stereocenters. The van der Waals surface area contributed by atoms with E-state index in [-0.39, 0.29) is 71.2 Å². The monoisotopic (exact) mass is 619 g/mol. The Hall–Kier alpha value is -3.67. The van der Waals surface area contributed by atoms with Gasteiger partial charge >= 0.3 is 6.01 Å². The molecule has 4 aliphatic rings. The van der Waals surface area contributed by atoms with Crippen molar-refractivity contribution in [2.75, 3.05) is 50.0 Å². The Labute approximate surface area is 256 Å². The van der Waals surface area contributed by atoms with Crippen LogP contribution in [0.25, 0.3) is 32.1 Å². The minimum atomic E-state index is -0.706. The largest absolute Gasteiger partial charge is 0.462 e. The van der Waals surface area contributed by atoms with Crippen LogP contribution in [-0.2, 0) is 18.0 Å². The highest BCUT2D eigenvalue weighted by atomic mass is 32.1. The van der Waals surface area contributed by atoms with E-state index in [2.05, 4.69) is 26.2 Å². The van der Waals surface area contributed by atoms with Crippen LogP contribution >= 0.6 is 11.3 Å². The first-order valence-electron chi connectivity index (χ1n) is 15.0. The second-order valence-corrected chi connectivity index (χ2v) is 13.1. The maximum absolute atomic E-state index is 17.2. The Balaban J connectivity index is 1.34. The number of anilines is 2. The third kappa shape index (κ3) is 4.31. The van der Waals surface area contributed by atoms with Crippen LogP contribution in [0.15, 0.2) is 12.1 Å². The van der Waals surface area contributed by atoms with E-state index in [0.29, 0.717) is 39.9 Å². The number of ether oxygens (including phenoxy) is 2. The van der Waals surface area contributed by atoms with E-state index in [1.807, 2.05) is 0 Å². The molecule has 0 aliphatic carbocycles. The standard InChI is InChI=1S/C31H31F2N7O3S/c32-21-3-4-22-23(18(9-34)29(35)44-22)26(21)24-19-13-42-14-20(19)25-28(27(24)33)37-31(43-8-7-39-6-5-17(41)12-39)38-30(25)40-15-1-2-16(40)11-36-10-15/h3-4,15-17,36,41H,1-2,5-8,10-14,35H2/t15?,16?,17-/m0/s1. The molecule has 10 nitrogen and oxygen atoms in total. The van der Waals surface area contributed by atoms with E-state index >= 15 is 8.78 Å². The molecule has 0 amide bonds. The van der Waals surface area contributed by atoms with Gasteiger partial charge in [-0.25, -0.2) is 8.78 Å². The number of likely N-dealkylation sites (tertiary alicyclic amines) is 1. The number of fused-ring (bicyclic) bond motifs is 6. The van der Waals surface area contributed by atoms with Gasteiger partial charge in [0.05, 0.1) is 30.3 Å². The average molecular weight is 620 g/mol. The van der Waals surface area contributed by atoms with Crippen molar-refractivity contribution in [3.05, 3.63) is 40.5 Å². The highest BCUT2D eigenvalue weighted by molar-refractivity contribution is 7.23. The summed E-state index contributed by atoms with van der Waals surface area (Å²) in [6, 6.07) is 5.36. The molecule has 8 rings (SSSR count). The molecule has 2 aromatic carbocycles. The SMILES string of the molecule is N#Cc1c(N)sc2ccc(F)c(-c3c4c(c5c(N6C7CCC6CNC7)nc(OCCN6CC[C@H](O)C6)nc5c3F)COC4)c12. The van der Waals surface area contributed by atoms with E-state index in [0.717, 1.165) is 44.5 Å². The van der Waals surface area contributed by atoms with Crippen LogP contribution in [-0.4, -0.2) is 77.5 Å². The summed E-state index contributed by atoms with van der Waals surface area (Å²) in [5, 5.41) is 24.4. The zero-order chi connectivity index (χ0) is 30.1. The summed E-state index contributed by atoms with van der Waals surface area (Å²) in [5.41, 5.74) is 7.59. The number of rotatable bonds is 6. The lowest BCUT2D eigenvalue weighted by molar-refractivity contribution is 0.135. The van der Waals surface area contributed by atoms with Gasteiger partial charge in [-0.2, -0.15) is 15.2 Å². The number of aliphatic hydroxyl groups excluding tert-OH is 1. The van der Waals surface area contributed by atoms with Crippen molar-refractivity contribution in [1.29, 1.82) is 5.26 Å². The highest BCUT2D eigenvalue weighted by Crippen LogP contribution is 2.48. The quantitative estimate of drug-likeness (QED) is 0.294. The molecule has 228 valence electrons. The Bertz CT molecular complexity index is 1840. The predicted molar refractivity (Wildman–Crippen MR) is 163 cm³/mol. The van der Waals surface area contributed by atoms with Gasteiger partial charge in [0.15, 0.2) is 5.82 Å². The van der Waals surface area contributed by atoms with Gasteiger partial charge in [0.2, 0.25) is 0 Å². The lowest BCUT2D eigenvalue weighted by Gasteiger charge is -2.37. The van der Waals surface area contributed by atoms with Crippen LogP contribution in [0.4, 0.5) is 19.6 Å². The number of halogens is 2. The molecular formula is C31H31F2N7O3S. The molecule has 0 radical (unpaired) electrons. The smallest absolute Gasteiger partial charge is 0.319 e. The van der Waals surface area contributed by atoms with Gasteiger partial charge in [-0.1, -0.05) is 0 Å². The van der Waals surface area contributed by atoms with Crippen molar-refractivity contribution in [3.8, 4) is 23.2 Å². The van der Waals surface area contributed by atoms with Gasteiger partial charge in [0.1, 0.15) is 34.8 Å². The third-order valence-corrected chi connectivity index (χ3v) is 10.4. The van der Waals surface area contributed by atoms with Gasteiger partial charge in [0, 0.05) is 66.0 Å². The number of nitrogens with one attached hydrogen (secondary N) is 1. The van der Waals surface area contributed by atoms with E-state index in [1.54, 1.807) is 6.07 Å². The van der Waals surface area contributed by atoms with Crippen molar-refractivity contribution in [2.45, 2.75) is 50.7 Å². The normalized spacial score (nSPS) is 23.1. The van der Waals surface area contributed by atoms with Crippen LogP contribution < -0.4 is 20.7 Å². The lowest BCUT2D eigenvalue weighted by atomic mass is 9.90. The topological polar surface area (TPSA) is 133 Å². The molecule has 4 aromatic rings. The van der Waals surface area contributed by atoms with Crippen LogP contribution in [0.3, 0.4) is 0 Å². The molecule has 3 atom stereocenters. The van der Waals surface area contributed by atoms with Crippen LogP contribution in [0.2, 0.25) is 0 Å². The number of benzene rings is 2. The number of nitrogens with two attached hydrogens (primary N) is 1. The zero-order valence-corrected chi connectivity index (χ0v) is 24.7. The van der Waals surface area contributed by atoms with E-state index in [4.69, 9.17) is 20.2 Å². The molecule has 4 aliphatic heterocycles. The van der Waals surface area contributed by atoms with Crippen LogP contribution in [0, 0.1) is 23.0 Å². The molecule has 4 N–H and O–H groups in total. The number of hydrogen-bond acceptors (Lipinski definition) is 11. The van der Waals surface area contributed by atoms with Gasteiger partial charge in [-0.15, -0.1) is 11.3 Å². The molecule has 0 saturated carbocycles. The average Bonchev–Trinajstić information content (AvgIpc) is 3.78. The molecule has 3 saturated heterocycles. The molecular weight excluding hydrogens is 588 g/mol. The summed E-state index contributed by atoms with van der Waals surface area (Å²) >= 11 is 1.17. The molecule has 2 aromatic heterocycles. The van der Waals surface area contributed by atoms with Crippen molar-refractivity contribution in [2.24, 2.45) is 0 Å². The van der Waals surface area contributed by atoms with E-state index < -0.39 is 11.6 Å². The van der Waals surface area contributed by atoms with E-state index in [1.165, 1.54) is 17.4 Å². The van der Waals surface area contributed by atoms with Gasteiger partial charge in [-0.3, -0.25) is 4.90 Å². The minimum Gasteiger partial charge on any atom is -0.462 e. The number of aliphatic hydroxyl groups is 1. The maximum Gasteiger partial charge on any atom is 0.319 e. The summed E-state index contributed by atoms with van der Waals surface area (Å²) in [6.45, 7) is 4.06. The summed E-state index contributed by atoms with van der Waals surface area (Å²) in [4.78, 5) is 13.9. The Morgan fingerprint density at radius 3 is 2.66 bits per heavy atom. The van der Waals surface area contributed by atoms with Crippen molar-refractivity contribution < 1.29 is 23.4 Å². The molecule has 6 heterocycles. The number of nitriles is 1. The maximum atomic E-state index is 17.2. The highest BCUT2D eigenvalue weighted by Gasteiger charge is 2.40. The second kappa shape index (κ2) is 10.7. The predicted octanol–water partition coefficient (Wildman–Crippen LogP) is 3.66. The summed E-state index contributed by atoms with van der Waals surface area (Å²) in [6.07, 6.45) is 2.35. The summed E-state index contributed by atoms with van der Waals surface area (Å²) in [5.74, 6) is -0.750. The number of aromatic nitrogens is 2. The van der Waals surface area contributed by atoms with Gasteiger partial charge in [0.25, 0.3) is 0 Å². The first-order chi connectivity index (χ1) is 21.4. The van der Waals surface area contributed by atoms with Crippen LogP contribution in [0.1, 0.15) is 36.0 Å². The summed E-state index contributed by atoms with van der Waals surface area (Å²) < 4.78 is 45.6. The van der Waals surface area contributed by atoms with Gasteiger partial charge in [-0.05, 0) is 42.5 Å². The number of thiophene rings is 1. The molecule has 13 heteroatoms. The first-order valence-corrected chi connectivity index (χ1v) is 15.8. The van der Waals surface area contributed by atoms with Crippen molar-refractivity contribution in [1.82, 2.24) is 20.2 Å². The Morgan fingerprint density at radius 1 is 1.11 bits per heavy atom. The number of piperazine rings is 1. The van der Waals surface area contributed by atoms with Gasteiger partial charge < -0.3 is 30.5 Å². The summed E-state index contributed by atoms with van der Waals surface area (Å²) in [7, 11) is 0. The number of nitrogen functional groups attached to an aromatic ring is 1. The number of β-amino-alcohol motifs (C(OH)–C–C–N with tert-alkyl or cyclic N) is 1. The fourth-order valence-corrected chi connectivity index (χ4v) is 8.38. The fraction of sp³-hybridized carbons (Fsp3) is 0.452. The Morgan fingerprint density at radius 2 is 1.91 bits per heavy atom.